The molecule has 1 aromatic heterocycles. The zero-order valence-corrected chi connectivity index (χ0v) is 15.5. The maximum atomic E-state index is 12.6. The summed E-state index contributed by atoms with van der Waals surface area (Å²) in [5.41, 5.74) is 7.88. The maximum Gasteiger partial charge on any atom is 0.340 e. The number of hydrogen-bond donors (Lipinski definition) is 1. The summed E-state index contributed by atoms with van der Waals surface area (Å²) in [6, 6.07) is 7.58. The molecule has 27 heavy (non-hydrogen) atoms. The predicted octanol–water partition coefficient (Wildman–Crippen LogP) is 1.73. The number of pyridine rings is 1. The Morgan fingerprint density at radius 2 is 1.85 bits per heavy atom. The van der Waals surface area contributed by atoms with Crippen LogP contribution < -0.4 is 5.73 Å². The number of hydrogen-bond acceptors (Lipinski definition) is 5. The summed E-state index contributed by atoms with van der Waals surface area (Å²) >= 11 is 0. The average molecular weight is 369 g/mol. The highest BCUT2D eigenvalue weighted by Gasteiger charge is 2.27. The number of esters is 1. The largest absolute Gasteiger partial charge is 0.452 e. The second kappa shape index (κ2) is 7.73. The number of piperidine rings is 1. The van der Waals surface area contributed by atoms with E-state index in [1.54, 1.807) is 11.8 Å². The number of amides is 2. The molecule has 0 saturated carbocycles. The van der Waals surface area contributed by atoms with E-state index >= 15 is 0 Å². The molecule has 2 N–H and O–H groups in total. The molecule has 0 aliphatic carbocycles. The Kier molecular flexibility index (Phi) is 5.39. The van der Waals surface area contributed by atoms with Gasteiger partial charge in [0, 0.05) is 24.4 Å². The normalized spacial score (nSPS) is 15.0. The Morgan fingerprint density at radius 3 is 2.52 bits per heavy atom. The van der Waals surface area contributed by atoms with Crippen molar-refractivity contribution in [2.24, 2.45) is 11.7 Å². The molecule has 2 aromatic rings. The maximum absolute atomic E-state index is 12.6. The van der Waals surface area contributed by atoms with E-state index in [1.807, 2.05) is 31.2 Å². The summed E-state index contributed by atoms with van der Waals surface area (Å²) < 4.78 is 5.27. The molecule has 0 spiro atoms. The first-order valence-corrected chi connectivity index (χ1v) is 8.98. The van der Waals surface area contributed by atoms with Crippen LogP contribution in [0.4, 0.5) is 0 Å². The minimum Gasteiger partial charge on any atom is -0.452 e. The van der Waals surface area contributed by atoms with Crippen molar-refractivity contribution in [2.45, 2.75) is 26.7 Å². The van der Waals surface area contributed by atoms with Gasteiger partial charge < -0.3 is 15.4 Å². The summed E-state index contributed by atoms with van der Waals surface area (Å²) in [7, 11) is 0. The van der Waals surface area contributed by atoms with E-state index in [1.165, 1.54) is 0 Å². The van der Waals surface area contributed by atoms with E-state index in [2.05, 4.69) is 4.98 Å². The Morgan fingerprint density at radius 1 is 1.19 bits per heavy atom. The van der Waals surface area contributed by atoms with E-state index in [9.17, 15) is 14.4 Å². The van der Waals surface area contributed by atoms with E-state index in [4.69, 9.17) is 10.5 Å². The molecule has 1 aromatic carbocycles. The molecular weight excluding hydrogens is 346 g/mol. The first kappa shape index (κ1) is 18.8. The van der Waals surface area contributed by atoms with Crippen molar-refractivity contribution >= 4 is 28.7 Å². The monoisotopic (exact) mass is 369 g/mol. The van der Waals surface area contributed by atoms with E-state index in [-0.39, 0.29) is 24.3 Å². The average Bonchev–Trinajstić information content (AvgIpc) is 2.66. The van der Waals surface area contributed by atoms with Gasteiger partial charge in [0.1, 0.15) is 0 Å². The number of benzene rings is 1. The highest BCUT2D eigenvalue weighted by atomic mass is 16.5. The number of nitrogens with zero attached hydrogens (tertiary/aromatic N) is 2. The van der Waals surface area contributed by atoms with E-state index in [0.717, 1.165) is 16.5 Å². The van der Waals surface area contributed by atoms with Gasteiger partial charge in [0.2, 0.25) is 5.91 Å². The minimum atomic E-state index is -0.552. The van der Waals surface area contributed by atoms with Crippen molar-refractivity contribution in [2.75, 3.05) is 19.7 Å². The van der Waals surface area contributed by atoms with Gasteiger partial charge in [-0.05, 0) is 38.3 Å². The highest BCUT2D eigenvalue weighted by molar-refractivity contribution is 5.99. The van der Waals surface area contributed by atoms with Crippen LogP contribution in [0.1, 0.15) is 34.5 Å². The SMILES string of the molecule is Cc1nc2ccccc2c(C)c1C(=O)OCC(=O)N1CCC(C(N)=O)CC1. The predicted molar refractivity (Wildman–Crippen MR) is 100.0 cm³/mol. The lowest BCUT2D eigenvalue weighted by Gasteiger charge is -2.30. The summed E-state index contributed by atoms with van der Waals surface area (Å²) in [6.07, 6.45) is 1.09. The van der Waals surface area contributed by atoms with Crippen molar-refractivity contribution in [3.05, 3.63) is 41.1 Å². The van der Waals surface area contributed by atoms with Crippen molar-refractivity contribution < 1.29 is 19.1 Å². The fourth-order valence-electron chi connectivity index (χ4n) is 3.54. The third kappa shape index (κ3) is 3.92. The number of para-hydroxylation sites is 1. The van der Waals surface area contributed by atoms with Gasteiger partial charge in [-0.2, -0.15) is 0 Å². The second-order valence-corrected chi connectivity index (χ2v) is 6.85. The summed E-state index contributed by atoms with van der Waals surface area (Å²) in [5.74, 6) is -1.34. The number of likely N-dealkylation sites (tertiary alicyclic amines) is 1. The zero-order chi connectivity index (χ0) is 19.6. The molecule has 1 aliphatic heterocycles. The highest BCUT2D eigenvalue weighted by Crippen LogP contribution is 2.23. The second-order valence-electron chi connectivity index (χ2n) is 6.85. The summed E-state index contributed by atoms with van der Waals surface area (Å²) in [4.78, 5) is 42.1. The van der Waals surface area contributed by atoms with Crippen LogP contribution in [0, 0.1) is 19.8 Å². The summed E-state index contributed by atoms with van der Waals surface area (Å²) in [6.45, 7) is 4.17. The first-order chi connectivity index (χ1) is 12.9. The number of rotatable bonds is 4. The number of aromatic nitrogens is 1. The van der Waals surface area contributed by atoms with Crippen molar-refractivity contribution in [3.63, 3.8) is 0 Å². The van der Waals surface area contributed by atoms with Gasteiger partial charge in [0.15, 0.2) is 6.61 Å². The quantitative estimate of drug-likeness (QED) is 0.827. The number of nitrogens with two attached hydrogens (primary N) is 1. The number of carbonyl (C=O) groups is 3. The van der Waals surface area contributed by atoms with Crippen LogP contribution in [0.15, 0.2) is 24.3 Å². The first-order valence-electron chi connectivity index (χ1n) is 8.98. The van der Waals surface area contributed by atoms with Crippen molar-refractivity contribution in [1.82, 2.24) is 9.88 Å². The number of carbonyl (C=O) groups excluding carboxylic acids is 3. The van der Waals surface area contributed by atoms with Crippen LogP contribution in [-0.2, 0) is 14.3 Å². The van der Waals surface area contributed by atoms with E-state index < -0.39 is 5.97 Å². The van der Waals surface area contributed by atoms with Crippen molar-refractivity contribution in [3.8, 4) is 0 Å². The smallest absolute Gasteiger partial charge is 0.340 e. The molecule has 2 amide bonds. The number of primary amides is 1. The molecule has 1 aliphatic rings. The fraction of sp³-hybridized carbons (Fsp3) is 0.400. The molecule has 1 saturated heterocycles. The molecule has 0 unspecified atom stereocenters. The van der Waals surface area contributed by atoms with Crippen LogP contribution in [0.25, 0.3) is 10.9 Å². The number of ether oxygens (including phenoxy) is 1. The van der Waals surface area contributed by atoms with Gasteiger partial charge in [-0.1, -0.05) is 18.2 Å². The molecule has 1 fully saturated rings. The van der Waals surface area contributed by atoms with Gasteiger partial charge >= 0.3 is 5.97 Å². The molecule has 142 valence electrons. The van der Waals surface area contributed by atoms with E-state index in [0.29, 0.717) is 37.2 Å². The fourth-order valence-corrected chi connectivity index (χ4v) is 3.54. The lowest BCUT2D eigenvalue weighted by atomic mass is 9.96. The molecule has 0 bridgehead atoms. The Labute approximate surface area is 157 Å². The molecule has 2 heterocycles. The lowest BCUT2D eigenvalue weighted by molar-refractivity contribution is -0.137. The topological polar surface area (TPSA) is 103 Å². The molecule has 7 heteroatoms. The minimum absolute atomic E-state index is 0.189. The van der Waals surface area contributed by atoms with Gasteiger partial charge in [0.25, 0.3) is 5.91 Å². The Hall–Kier alpha value is -2.96. The van der Waals surface area contributed by atoms with Gasteiger partial charge in [-0.15, -0.1) is 0 Å². The molecule has 0 atom stereocenters. The zero-order valence-electron chi connectivity index (χ0n) is 15.5. The third-order valence-corrected chi connectivity index (χ3v) is 5.11. The Balaban J connectivity index is 1.65. The van der Waals surface area contributed by atoms with Gasteiger partial charge in [-0.25, -0.2) is 4.79 Å². The molecule has 7 nitrogen and oxygen atoms in total. The van der Waals surface area contributed by atoms with Gasteiger partial charge in [0.05, 0.1) is 16.8 Å². The summed E-state index contributed by atoms with van der Waals surface area (Å²) in [5, 5.41) is 0.884. The lowest BCUT2D eigenvalue weighted by Crippen LogP contribution is -2.43. The van der Waals surface area contributed by atoms with Crippen LogP contribution in [0.3, 0.4) is 0 Å². The van der Waals surface area contributed by atoms with Crippen LogP contribution >= 0.6 is 0 Å². The molecule has 3 rings (SSSR count). The molecular formula is C20H23N3O4. The van der Waals surface area contributed by atoms with Gasteiger partial charge in [-0.3, -0.25) is 14.6 Å². The number of aryl methyl sites for hydroxylation is 2. The van der Waals surface area contributed by atoms with Crippen LogP contribution in [0.5, 0.6) is 0 Å². The van der Waals surface area contributed by atoms with Crippen molar-refractivity contribution in [1.29, 1.82) is 0 Å². The van der Waals surface area contributed by atoms with Crippen LogP contribution in [0.2, 0.25) is 0 Å². The molecule has 0 radical (unpaired) electrons. The Bertz CT molecular complexity index is 901. The standard InChI is InChI=1S/C20H23N3O4/c1-12-15-5-3-4-6-16(15)22-13(2)18(12)20(26)27-11-17(24)23-9-7-14(8-10-23)19(21)25/h3-6,14H,7-11H2,1-2H3,(H2,21,25). The third-order valence-electron chi connectivity index (χ3n) is 5.11. The number of fused-ring (bicyclic) bond motifs is 1. The van der Waals surface area contributed by atoms with Crippen LogP contribution in [-0.4, -0.2) is 47.4 Å².